The Labute approximate surface area is 84.5 Å². The van der Waals surface area contributed by atoms with E-state index in [9.17, 15) is 0 Å². The molecule has 0 fully saturated rings. The molecule has 1 heteroatoms. The molecule has 0 aliphatic carbocycles. The first-order valence-electron chi connectivity index (χ1n) is 4.74. The van der Waals surface area contributed by atoms with Gasteiger partial charge in [0.05, 0.1) is 0 Å². The Morgan fingerprint density at radius 3 is 2.93 bits per heavy atom. The molecule has 1 aliphatic rings. The predicted octanol–water partition coefficient (Wildman–Crippen LogP) is 3.37. The first kappa shape index (κ1) is 8.95. The Morgan fingerprint density at radius 2 is 2.29 bits per heavy atom. The fourth-order valence-electron chi connectivity index (χ4n) is 1.57. The molecule has 2 rings (SSSR count). The molecule has 0 bridgehead atoms. The minimum absolute atomic E-state index is 0.909. The molecule has 0 N–H and O–H groups in total. The van der Waals surface area contributed by atoms with Crippen LogP contribution in [0.2, 0.25) is 0 Å². The van der Waals surface area contributed by atoms with Gasteiger partial charge in [-0.15, -0.1) is 0 Å². The molecule has 1 nitrogen and oxygen atoms in total. The minimum Gasteiger partial charge on any atom is -0.268 e. The van der Waals surface area contributed by atoms with Crippen LogP contribution in [0.15, 0.2) is 47.6 Å². The first-order valence-corrected chi connectivity index (χ1v) is 4.74. The lowest BCUT2D eigenvalue weighted by Crippen LogP contribution is -1.87. The predicted molar refractivity (Wildman–Crippen MR) is 61.4 cm³/mol. The summed E-state index contributed by atoms with van der Waals surface area (Å²) in [6, 6.07) is 8.40. The van der Waals surface area contributed by atoms with Gasteiger partial charge in [-0.2, -0.15) is 0 Å². The summed E-state index contributed by atoms with van der Waals surface area (Å²) in [5.74, 6) is 0. The van der Waals surface area contributed by atoms with E-state index in [1.54, 1.807) is 0 Å². The number of aryl methyl sites for hydroxylation is 1. The highest BCUT2D eigenvalue weighted by Crippen LogP contribution is 2.25. The molecular weight excluding hydrogens is 170 g/mol. The quantitative estimate of drug-likeness (QED) is 0.666. The van der Waals surface area contributed by atoms with Gasteiger partial charge in [-0.05, 0) is 23.6 Å². The van der Waals surface area contributed by atoms with Crippen LogP contribution < -0.4 is 0 Å². The van der Waals surface area contributed by atoms with Crippen molar-refractivity contribution >= 4 is 11.8 Å². The van der Waals surface area contributed by atoms with E-state index in [-0.39, 0.29) is 0 Å². The maximum Gasteiger partial charge on any atom is 0.0305 e. The van der Waals surface area contributed by atoms with Gasteiger partial charge in [0.1, 0.15) is 0 Å². The van der Waals surface area contributed by atoms with Gasteiger partial charge in [0.15, 0.2) is 0 Å². The number of rotatable bonds is 2. The van der Waals surface area contributed by atoms with Crippen molar-refractivity contribution < 1.29 is 0 Å². The van der Waals surface area contributed by atoms with E-state index in [1.165, 1.54) is 16.7 Å². The molecule has 0 unspecified atom stereocenters. The van der Waals surface area contributed by atoms with Crippen LogP contribution in [0, 0.1) is 6.92 Å². The van der Waals surface area contributed by atoms with Gasteiger partial charge in [0, 0.05) is 18.8 Å². The zero-order valence-corrected chi connectivity index (χ0v) is 8.33. The molecule has 0 saturated carbocycles. The fourth-order valence-corrected chi connectivity index (χ4v) is 1.57. The SMILES string of the molecule is C=C(C1=CN=CC1)c1cccc(C)c1. The van der Waals surface area contributed by atoms with Crippen molar-refractivity contribution in [2.75, 3.05) is 0 Å². The lowest BCUT2D eigenvalue weighted by atomic mass is 9.98. The van der Waals surface area contributed by atoms with Crippen LogP contribution in [0.25, 0.3) is 5.57 Å². The van der Waals surface area contributed by atoms with Crippen molar-refractivity contribution in [3.8, 4) is 0 Å². The van der Waals surface area contributed by atoms with E-state index in [2.05, 4.69) is 42.8 Å². The minimum atomic E-state index is 0.909. The average Bonchev–Trinajstić information content (AvgIpc) is 2.69. The second-order valence-corrected chi connectivity index (χ2v) is 3.54. The van der Waals surface area contributed by atoms with Crippen LogP contribution in [0.1, 0.15) is 17.5 Å². The Balaban J connectivity index is 2.27. The molecule has 14 heavy (non-hydrogen) atoms. The van der Waals surface area contributed by atoms with Gasteiger partial charge < -0.3 is 0 Å². The fraction of sp³-hybridized carbons (Fsp3) is 0.154. The van der Waals surface area contributed by atoms with Crippen molar-refractivity contribution in [3.05, 3.63) is 53.7 Å². The molecule has 0 spiro atoms. The van der Waals surface area contributed by atoms with Gasteiger partial charge in [0.25, 0.3) is 0 Å². The van der Waals surface area contributed by atoms with Crippen molar-refractivity contribution in [2.24, 2.45) is 4.99 Å². The van der Waals surface area contributed by atoms with E-state index in [0.717, 1.165) is 12.0 Å². The average molecular weight is 183 g/mol. The van der Waals surface area contributed by atoms with E-state index < -0.39 is 0 Å². The summed E-state index contributed by atoms with van der Waals surface area (Å²) in [7, 11) is 0. The van der Waals surface area contributed by atoms with Gasteiger partial charge in [-0.3, -0.25) is 4.99 Å². The van der Waals surface area contributed by atoms with Crippen molar-refractivity contribution in [1.82, 2.24) is 0 Å². The van der Waals surface area contributed by atoms with E-state index in [1.807, 2.05) is 12.4 Å². The number of benzene rings is 1. The smallest absolute Gasteiger partial charge is 0.0305 e. The zero-order chi connectivity index (χ0) is 9.97. The molecule has 70 valence electrons. The Hall–Kier alpha value is -1.63. The van der Waals surface area contributed by atoms with Crippen LogP contribution in [0.4, 0.5) is 0 Å². The van der Waals surface area contributed by atoms with Crippen LogP contribution in [-0.4, -0.2) is 6.21 Å². The van der Waals surface area contributed by atoms with E-state index in [0.29, 0.717) is 0 Å². The van der Waals surface area contributed by atoms with Crippen molar-refractivity contribution in [3.63, 3.8) is 0 Å². The number of hydrogen-bond acceptors (Lipinski definition) is 1. The molecular formula is C13H13N. The zero-order valence-electron chi connectivity index (χ0n) is 8.33. The maximum atomic E-state index is 4.10. The molecule has 0 aromatic heterocycles. The molecule has 0 radical (unpaired) electrons. The highest BCUT2D eigenvalue weighted by atomic mass is 14.7. The van der Waals surface area contributed by atoms with Crippen molar-refractivity contribution in [2.45, 2.75) is 13.3 Å². The summed E-state index contributed by atoms with van der Waals surface area (Å²) in [5.41, 5.74) is 4.77. The highest BCUT2D eigenvalue weighted by molar-refractivity contribution is 5.84. The van der Waals surface area contributed by atoms with Crippen LogP contribution in [0.3, 0.4) is 0 Å². The molecule has 1 heterocycles. The lowest BCUT2D eigenvalue weighted by Gasteiger charge is -2.06. The van der Waals surface area contributed by atoms with Crippen molar-refractivity contribution in [1.29, 1.82) is 0 Å². The largest absolute Gasteiger partial charge is 0.268 e. The summed E-state index contributed by atoms with van der Waals surface area (Å²) in [4.78, 5) is 4.09. The van der Waals surface area contributed by atoms with E-state index in [4.69, 9.17) is 0 Å². The second-order valence-electron chi connectivity index (χ2n) is 3.54. The molecule has 0 amide bonds. The topological polar surface area (TPSA) is 12.4 Å². The van der Waals surface area contributed by atoms with Crippen LogP contribution in [-0.2, 0) is 0 Å². The van der Waals surface area contributed by atoms with Crippen LogP contribution in [0.5, 0.6) is 0 Å². The summed E-state index contributed by atoms with van der Waals surface area (Å²) < 4.78 is 0. The van der Waals surface area contributed by atoms with Crippen LogP contribution >= 0.6 is 0 Å². The molecule has 1 aromatic carbocycles. The Kier molecular flexibility index (Phi) is 2.32. The van der Waals surface area contributed by atoms with Gasteiger partial charge >= 0.3 is 0 Å². The number of hydrogen-bond donors (Lipinski definition) is 0. The second kappa shape index (κ2) is 3.62. The maximum absolute atomic E-state index is 4.10. The molecule has 1 aliphatic heterocycles. The third-order valence-electron chi connectivity index (χ3n) is 2.40. The standard InChI is InChI=1S/C13H13N/c1-10-4-3-5-12(8-10)11(2)13-6-7-14-9-13/h3-5,7-9H,2,6H2,1H3. The van der Waals surface area contributed by atoms with E-state index >= 15 is 0 Å². The van der Waals surface area contributed by atoms with Gasteiger partial charge in [-0.25, -0.2) is 0 Å². The summed E-state index contributed by atoms with van der Waals surface area (Å²) in [6.45, 7) is 6.19. The first-order chi connectivity index (χ1) is 6.77. The number of nitrogens with zero attached hydrogens (tertiary/aromatic N) is 1. The molecule has 1 aromatic rings. The Morgan fingerprint density at radius 1 is 1.43 bits per heavy atom. The number of allylic oxidation sites excluding steroid dienone is 2. The molecule has 0 atom stereocenters. The normalized spacial score (nSPS) is 14.2. The highest BCUT2D eigenvalue weighted by Gasteiger charge is 2.07. The third-order valence-corrected chi connectivity index (χ3v) is 2.40. The monoisotopic (exact) mass is 183 g/mol. The van der Waals surface area contributed by atoms with Gasteiger partial charge in [-0.1, -0.05) is 36.4 Å². The summed E-state index contributed by atoms with van der Waals surface area (Å²) in [5, 5.41) is 0. The number of aliphatic imine (C=N–C) groups is 1. The Bertz CT molecular complexity index is 425. The molecule has 0 saturated heterocycles. The summed E-state index contributed by atoms with van der Waals surface area (Å²) in [6.07, 6.45) is 4.72. The third kappa shape index (κ3) is 1.67. The lowest BCUT2D eigenvalue weighted by molar-refractivity contribution is 1.40. The van der Waals surface area contributed by atoms with Gasteiger partial charge in [0.2, 0.25) is 0 Å². The summed E-state index contributed by atoms with van der Waals surface area (Å²) >= 11 is 0.